The van der Waals surface area contributed by atoms with Gasteiger partial charge in [-0.3, -0.25) is 14.4 Å². The second kappa shape index (κ2) is 70.6. The van der Waals surface area contributed by atoms with Crippen molar-refractivity contribution in [2.45, 2.75) is 438 Å². The molecule has 0 fully saturated rings. The molecule has 0 spiro atoms. The average Bonchev–Trinajstić information content (AvgIpc) is 3.47. The van der Waals surface area contributed by atoms with Gasteiger partial charge >= 0.3 is 17.9 Å². The first kappa shape index (κ1) is 79.2. The quantitative estimate of drug-likeness (QED) is 0.0261. The van der Waals surface area contributed by atoms with E-state index in [1.54, 1.807) is 0 Å². The van der Waals surface area contributed by atoms with Crippen molar-refractivity contribution in [2.24, 2.45) is 0 Å². The molecule has 0 aromatic carbocycles. The van der Waals surface area contributed by atoms with Crippen LogP contribution >= 0.6 is 0 Å². The van der Waals surface area contributed by atoms with Crippen molar-refractivity contribution in [3.63, 3.8) is 0 Å². The van der Waals surface area contributed by atoms with Crippen LogP contribution in [0.3, 0.4) is 0 Å². The molecule has 0 aliphatic rings. The highest BCUT2D eigenvalue weighted by Crippen LogP contribution is 2.19. The Bertz CT molecular complexity index is 1260. The smallest absolute Gasteiger partial charge is 0.306 e. The van der Waals surface area contributed by atoms with Crippen LogP contribution in [0.5, 0.6) is 0 Å². The van der Waals surface area contributed by atoms with Gasteiger partial charge in [-0.1, -0.05) is 380 Å². The van der Waals surface area contributed by atoms with Gasteiger partial charge in [-0.15, -0.1) is 0 Å². The van der Waals surface area contributed by atoms with Crippen LogP contribution in [0.25, 0.3) is 0 Å². The summed E-state index contributed by atoms with van der Waals surface area (Å²) in [5.74, 6) is -0.832. The number of carbonyl (C=O) groups excluding carboxylic acids is 3. The molecule has 6 heteroatoms. The normalized spacial score (nSPS) is 12.0. The van der Waals surface area contributed by atoms with Gasteiger partial charge in [0.25, 0.3) is 0 Å². The van der Waals surface area contributed by atoms with Crippen molar-refractivity contribution in [1.82, 2.24) is 0 Å². The van der Waals surface area contributed by atoms with Crippen LogP contribution in [0, 0.1) is 0 Å². The van der Waals surface area contributed by atoms with Crippen LogP contribution in [-0.2, 0) is 28.6 Å². The Morgan fingerprint density at radius 1 is 0.235 bits per heavy atom. The van der Waals surface area contributed by atoms with Crippen molar-refractivity contribution in [1.29, 1.82) is 0 Å². The summed E-state index contributed by atoms with van der Waals surface area (Å²) in [6.07, 6.45) is 85.5. The molecule has 6 nitrogen and oxygen atoms in total. The largest absolute Gasteiger partial charge is 0.462 e. The van der Waals surface area contributed by atoms with Gasteiger partial charge in [0, 0.05) is 19.3 Å². The Labute approximate surface area is 507 Å². The van der Waals surface area contributed by atoms with E-state index in [1.807, 2.05) is 0 Å². The number of esters is 3. The molecule has 0 rings (SSSR count). The zero-order valence-corrected chi connectivity index (χ0v) is 55.4. The SMILES string of the molecule is CCCCCCCCC/C=C\CCCCCCCCCC(=O)OC(COC(=O)CCCCCCCCCCCCCCCCC)COC(=O)CCCCCCCCCCCCCCCCCCCCCCCCCCCCCCCC. The highest BCUT2D eigenvalue weighted by molar-refractivity contribution is 5.71. The van der Waals surface area contributed by atoms with E-state index in [9.17, 15) is 14.4 Å². The molecule has 0 saturated heterocycles. The summed E-state index contributed by atoms with van der Waals surface area (Å²) in [5.41, 5.74) is 0. The lowest BCUT2D eigenvalue weighted by atomic mass is 10.0. The van der Waals surface area contributed by atoms with Crippen LogP contribution in [0.2, 0.25) is 0 Å². The Morgan fingerprint density at radius 3 is 0.617 bits per heavy atom. The Hall–Kier alpha value is -1.85. The Kier molecular flexibility index (Phi) is 69.0. The number of unbranched alkanes of at least 4 members (excludes halogenated alkanes) is 57. The van der Waals surface area contributed by atoms with Crippen molar-refractivity contribution < 1.29 is 28.6 Å². The molecule has 0 heterocycles. The number of ether oxygens (including phenoxy) is 3. The zero-order valence-electron chi connectivity index (χ0n) is 55.4. The van der Waals surface area contributed by atoms with Gasteiger partial charge in [0.05, 0.1) is 0 Å². The van der Waals surface area contributed by atoms with Crippen molar-refractivity contribution in [3.8, 4) is 0 Å². The minimum Gasteiger partial charge on any atom is -0.462 e. The number of hydrogen-bond acceptors (Lipinski definition) is 6. The standard InChI is InChI=1S/C75H144O6/c1-4-7-10-13-16-19-22-25-28-30-32-33-34-35-36-37-38-39-40-41-42-43-45-47-50-53-56-59-62-65-68-74(77)80-71-72(70-79-73(76)67-64-61-58-55-52-49-46-27-24-21-18-15-12-9-6-3)81-75(78)69-66-63-60-57-54-51-48-44-31-29-26-23-20-17-14-11-8-5-2/h29,31,72H,4-28,30,32-71H2,1-3H3/b31-29-. The second-order valence-electron chi connectivity index (χ2n) is 25.6. The number of hydrogen-bond donors (Lipinski definition) is 0. The monoisotopic (exact) mass is 1140 g/mol. The molecule has 1 atom stereocenters. The van der Waals surface area contributed by atoms with E-state index in [0.717, 1.165) is 57.8 Å². The summed E-state index contributed by atoms with van der Waals surface area (Å²) < 4.78 is 17.0. The summed E-state index contributed by atoms with van der Waals surface area (Å²) in [6, 6.07) is 0. The molecule has 1 unspecified atom stereocenters. The highest BCUT2D eigenvalue weighted by atomic mass is 16.6. The molecule has 0 amide bonds. The van der Waals surface area contributed by atoms with Crippen molar-refractivity contribution >= 4 is 17.9 Å². The van der Waals surface area contributed by atoms with Gasteiger partial charge in [-0.2, -0.15) is 0 Å². The molecule has 0 aliphatic carbocycles. The van der Waals surface area contributed by atoms with Gasteiger partial charge in [-0.25, -0.2) is 0 Å². The molecular weight excluding hydrogens is 997 g/mol. The fourth-order valence-corrected chi connectivity index (χ4v) is 11.7. The first-order valence-electron chi connectivity index (χ1n) is 37.2. The predicted molar refractivity (Wildman–Crippen MR) is 353 cm³/mol. The summed E-state index contributed by atoms with van der Waals surface area (Å²) in [5, 5.41) is 0. The third-order valence-corrected chi connectivity index (χ3v) is 17.3. The van der Waals surface area contributed by atoms with E-state index in [-0.39, 0.29) is 31.1 Å². The fraction of sp³-hybridized carbons (Fsp3) is 0.933. The number of rotatable bonds is 70. The second-order valence-corrected chi connectivity index (χ2v) is 25.6. The van der Waals surface area contributed by atoms with E-state index >= 15 is 0 Å². The van der Waals surface area contributed by atoms with Gasteiger partial charge in [0.2, 0.25) is 0 Å². The molecule has 0 radical (unpaired) electrons. The van der Waals surface area contributed by atoms with E-state index < -0.39 is 6.10 Å². The van der Waals surface area contributed by atoms with Crippen LogP contribution < -0.4 is 0 Å². The van der Waals surface area contributed by atoms with Crippen molar-refractivity contribution in [3.05, 3.63) is 12.2 Å². The van der Waals surface area contributed by atoms with Gasteiger partial charge in [0.15, 0.2) is 6.10 Å². The maximum Gasteiger partial charge on any atom is 0.306 e. The van der Waals surface area contributed by atoms with Gasteiger partial charge in [0.1, 0.15) is 13.2 Å². The third-order valence-electron chi connectivity index (χ3n) is 17.3. The van der Waals surface area contributed by atoms with Crippen LogP contribution in [-0.4, -0.2) is 37.2 Å². The summed E-state index contributed by atoms with van der Waals surface area (Å²) in [6.45, 7) is 6.73. The Balaban J connectivity index is 4.16. The molecule has 0 bridgehead atoms. The van der Waals surface area contributed by atoms with Gasteiger partial charge in [-0.05, 0) is 44.9 Å². The van der Waals surface area contributed by atoms with Crippen LogP contribution in [0.15, 0.2) is 12.2 Å². The van der Waals surface area contributed by atoms with Crippen LogP contribution in [0.4, 0.5) is 0 Å². The van der Waals surface area contributed by atoms with E-state index in [1.165, 1.54) is 334 Å². The predicted octanol–water partition coefficient (Wildman–Crippen LogP) is 25.6. The lowest BCUT2D eigenvalue weighted by Gasteiger charge is -2.18. The molecule has 480 valence electrons. The molecule has 0 saturated carbocycles. The fourth-order valence-electron chi connectivity index (χ4n) is 11.7. The molecule has 0 aliphatic heterocycles. The van der Waals surface area contributed by atoms with E-state index in [4.69, 9.17) is 14.2 Å². The number of allylic oxidation sites excluding steroid dienone is 2. The minimum atomic E-state index is -0.769. The molecule has 0 N–H and O–H groups in total. The molecule has 0 aromatic heterocycles. The lowest BCUT2D eigenvalue weighted by molar-refractivity contribution is -0.167. The zero-order chi connectivity index (χ0) is 58.5. The highest BCUT2D eigenvalue weighted by Gasteiger charge is 2.20. The topological polar surface area (TPSA) is 78.9 Å². The average molecular weight is 1140 g/mol. The maximum absolute atomic E-state index is 12.9. The van der Waals surface area contributed by atoms with E-state index in [0.29, 0.717) is 19.3 Å². The number of carbonyl (C=O) groups is 3. The molecule has 0 aromatic rings. The maximum atomic E-state index is 12.9. The summed E-state index contributed by atoms with van der Waals surface area (Å²) in [7, 11) is 0. The molecular formula is C75H144O6. The lowest BCUT2D eigenvalue weighted by Crippen LogP contribution is -2.30. The summed E-state index contributed by atoms with van der Waals surface area (Å²) >= 11 is 0. The van der Waals surface area contributed by atoms with Gasteiger partial charge < -0.3 is 14.2 Å². The van der Waals surface area contributed by atoms with Crippen LogP contribution in [0.1, 0.15) is 432 Å². The Morgan fingerprint density at radius 2 is 0.407 bits per heavy atom. The van der Waals surface area contributed by atoms with E-state index in [2.05, 4.69) is 32.9 Å². The minimum absolute atomic E-state index is 0.0648. The summed E-state index contributed by atoms with van der Waals surface area (Å²) in [4.78, 5) is 38.5. The van der Waals surface area contributed by atoms with Crippen molar-refractivity contribution in [2.75, 3.05) is 13.2 Å². The molecule has 81 heavy (non-hydrogen) atoms. The third kappa shape index (κ3) is 68.8. The first-order valence-corrected chi connectivity index (χ1v) is 37.2. The first-order chi connectivity index (χ1) is 40.0.